The molecule has 0 radical (unpaired) electrons. The van der Waals surface area contributed by atoms with Crippen LogP contribution < -0.4 is 0 Å². The molecular weight excluding hydrogens is 202 g/mol. The number of benzene rings is 1. The molecule has 3 heteroatoms. The molecule has 2 rings (SSSR count). The number of aromatic nitrogens is 1. The second kappa shape index (κ2) is 4.23. The lowest BCUT2D eigenvalue weighted by Gasteiger charge is -2.07. The molecule has 2 aromatic rings. The quantitative estimate of drug-likeness (QED) is 0.796. The number of ether oxygens (including phenoxy) is 1. The fourth-order valence-electron chi connectivity index (χ4n) is 1.78. The standard InChI is InChI=1S/C13H13NO2/c1-3-10-4-5-13-11(6-10)12(7-14-13)9(2)16-8-15/h3-9,14H,1H2,2H3. The number of hydrogen-bond acceptors (Lipinski definition) is 2. The highest BCUT2D eigenvalue weighted by Gasteiger charge is 2.11. The van der Waals surface area contributed by atoms with Crippen molar-refractivity contribution in [2.24, 2.45) is 0 Å². The van der Waals surface area contributed by atoms with Crippen LogP contribution in [0.5, 0.6) is 0 Å². The maximum absolute atomic E-state index is 10.3. The molecule has 82 valence electrons. The van der Waals surface area contributed by atoms with Gasteiger partial charge >= 0.3 is 0 Å². The summed E-state index contributed by atoms with van der Waals surface area (Å²) in [5.41, 5.74) is 3.06. The molecule has 0 aliphatic carbocycles. The van der Waals surface area contributed by atoms with Gasteiger partial charge in [-0.2, -0.15) is 0 Å². The highest BCUT2D eigenvalue weighted by Crippen LogP contribution is 2.26. The monoisotopic (exact) mass is 215 g/mol. The van der Waals surface area contributed by atoms with E-state index in [-0.39, 0.29) is 6.10 Å². The molecule has 0 amide bonds. The predicted molar refractivity (Wildman–Crippen MR) is 64.0 cm³/mol. The van der Waals surface area contributed by atoms with E-state index in [2.05, 4.69) is 11.6 Å². The zero-order chi connectivity index (χ0) is 11.5. The zero-order valence-corrected chi connectivity index (χ0v) is 9.07. The van der Waals surface area contributed by atoms with E-state index in [1.807, 2.05) is 31.3 Å². The summed E-state index contributed by atoms with van der Waals surface area (Å²) in [4.78, 5) is 13.5. The summed E-state index contributed by atoms with van der Waals surface area (Å²) in [5, 5.41) is 1.06. The second-order valence-electron chi connectivity index (χ2n) is 3.63. The van der Waals surface area contributed by atoms with E-state index < -0.39 is 0 Å². The van der Waals surface area contributed by atoms with Crippen molar-refractivity contribution < 1.29 is 9.53 Å². The average Bonchev–Trinajstić information content (AvgIpc) is 2.71. The summed E-state index contributed by atoms with van der Waals surface area (Å²) in [6, 6.07) is 6.00. The van der Waals surface area contributed by atoms with Gasteiger partial charge in [-0.15, -0.1) is 0 Å². The van der Waals surface area contributed by atoms with Crippen LogP contribution >= 0.6 is 0 Å². The van der Waals surface area contributed by atoms with Crippen molar-refractivity contribution in [3.8, 4) is 0 Å². The van der Waals surface area contributed by atoms with Gasteiger partial charge in [0.05, 0.1) is 0 Å². The van der Waals surface area contributed by atoms with E-state index in [9.17, 15) is 4.79 Å². The largest absolute Gasteiger partial charge is 0.460 e. The smallest absolute Gasteiger partial charge is 0.293 e. The number of H-pyrrole nitrogens is 1. The summed E-state index contributed by atoms with van der Waals surface area (Å²) in [6.07, 6.45) is 3.42. The first-order valence-electron chi connectivity index (χ1n) is 5.09. The van der Waals surface area contributed by atoms with Crippen LogP contribution in [0.2, 0.25) is 0 Å². The predicted octanol–water partition coefficient (Wildman–Crippen LogP) is 3.04. The second-order valence-corrected chi connectivity index (χ2v) is 3.63. The van der Waals surface area contributed by atoms with Crippen molar-refractivity contribution in [3.63, 3.8) is 0 Å². The van der Waals surface area contributed by atoms with Crippen LogP contribution in [0.1, 0.15) is 24.2 Å². The van der Waals surface area contributed by atoms with Crippen molar-refractivity contribution in [2.45, 2.75) is 13.0 Å². The Hall–Kier alpha value is -2.03. The molecule has 1 unspecified atom stereocenters. The SMILES string of the molecule is C=Cc1ccc2[nH]cc(C(C)OC=O)c2c1. The molecule has 1 aromatic heterocycles. The Labute approximate surface area is 93.7 Å². The van der Waals surface area contributed by atoms with Gasteiger partial charge in [0.15, 0.2) is 0 Å². The Morgan fingerprint density at radius 3 is 3.00 bits per heavy atom. The van der Waals surface area contributed by atoms with Gasteiger partial charge in [-0.3, -0.25) is 4.79 Å². The van der Waals surface area contributed by atoms with E-state index in [1.54, 1.807) is 6.08 Å². The van der Waals surface area contributed by atoms with E-state index >= 15 is 0 Å². The molecule has 1 heterocycles. The summed E-state index contributed by atoms with van der Waals surface area (Å²) >= 11 is 0. The third-order valence-electron chi connectivity index (χ3n) is 2.67. The molecule has 0 saturated carbocycles. The maximum atomic E-state index is 10.3. The minimum Gasteiger partial charge on any atom is -0.460 e. The van der Waals surface area contributed by atoms with Crippen LogP contribution in [0.3, 0.4) is 0 Å². The molecule has 0 aliphatic rings. The molecule has 3 nitrogen and oxygen atoms in total. The number of fused-ring (bicyclic) bond motifs is 1. The molecule has 0 spiro atoms. The van der Waals surface area contributed by atoms with Gasteiger partial charge in [0.2, 0.25) is 0 Å². The number of aromatic amines is 1. The average molecular weight is 215 g/mol. The molecule has 16 heavy (non-hydrogen) atoms. The minimum absolute atomic E-state index is 0.244. The lowest BCUT2D eigenvalue weighted by Crippen LogP contribution is -1.96. The van der Waals surface area contributed by atoms with Crippen LogP contribution in [0, 0.1) is 0 Å². The summed E-state index contributed by atoms with van der Waals surface area (Å²) in [7, 11) is 0. The Bertz CT molecular complexity index is 528. The van der Waals surface area contributed by atoms with Gasteiger partial charge in [-0.25, -0.2) is 0 Å². The first-order valence-corrected chi connectivity index (χ1v) is 5.09. The first kappa shape index (κ1) is 10.5. The lowest BCUT2D eigenvalue weighted by molar-refractivity contribution is -0.133. The molecule has 0 bridgehead atoms. The van der Waals surface area contributed by atoms with Gasteiger partial charge in [-0.05, 0) is 24.6 Å². The number of carbonyl (C=O) groups excluding carboxylic acids is 1. The molecule has 1 atom stereocenters. The van der Waals surface area contributed by atoms with Gasteiger partial charge in [0.1, 0.15) is 6.10 Å². The first-order chi connectivity index (χ1) is 7.76. The molecule has 1 aromatic carbocycles. The molecule has 0 aliphatic heterocycles. The summed E-state index contributed by atoms with van der Waals surface area (Å²) in [5.74, 6) is 0. The van der Waals surface area contributed by atoms with Crippen LogP contribution in [0.4, 0.5) is 0 Å². The topological polar surface area (TPSA) is 42.1 Å². The van der Waals surface area contributed by atoms with Crippen molar-refractivity contribution in [3.05, 3.63) is 42.1 Å². The highest BCUT2D eigenvalue weighted by molar-refractivity contribution is 5.85. The van der Waals surface area contributed by atoms with Crippen molar-refractivity contribution >= 4 is 23.5 Å². The fourth-order valence-corrected chi connectivity index (χ4v) is 1.78. The Balaban J connectivity index is 2.52. The normalized spacial score (nSPS) is 12.3. The summed E-state index contributed by atoms with van der Waals surface area (Å²) in [6.45, 7) is 6.05. The van der Waals surface area contributed by atoms with E-state index in [0.717, 1.165) is 22.0 Å². The zero-order valence-electron chi connectivity index (χ0n) is 9.07. The molecule has 0 saturated heterocycles. The molecule has 1 N–H and O–H groups in total. The van der Waals surface area contributed by atoms with Crippen LogP contribution in [0.15, 0.2) is 31.0 Å². The molecular formula is C13H13NO2. The highest BCUT2D eigenvalue weighted by atomic mass is 16.5. The number of hydrogen-bond donors (Lipinski definition) is 1. The third-order valence-corrected chi connectivity index (χ3v) is 2.67. The Morgan fingerprint density at radius 1 is 1.50 bits per heavy atom. The van der Waals surface area contributed by atoms with Crippen LogP contribution in [-0.2, 0) is 9.53 Å². The summed E-state index contributed by atoms with van der Waals surface area (Å²) < 4.78 is 4.94. The Morgan fingerprint density at radius 2 is 2.31 bits per heavy atom. The fraction of sp³-hybridized carbons (Fsp3) is 0.154. The van der Waals surface area contributed by atoms with Crippen molar-refractivity contribution in [2.75, 3.05) is 0 Å². The molecule has 0 fully saturated rings. The van der Waals surface area contributed by atoms with Gasteiger partial charge < -0.3 is 9.72 Å². The van der Waals surface area contributed by atoms with Crippen LogP contribution in [0.25, 0.3) is 17.0 Å². The number of nitrogens with one attached hydrogen (secondary N) is 1. The van der Waals surface area contributed by atoms with Gasteiger partial charge in [0, 0.05) is 22.7 Å². The van der Waals surface area contributed by atoms with Crippen molar-refractivity contribution in [1.82, 2.24) is 4.98 Å². The van der Waals surface area contributed by atoms with E-state index in [4.69, 9.17) is 4.74 Å². The van der Waals surface area contributed by atoms with Crippen LogP contribution in [-0.4, -0.2) is 11.5 Å². The number of rotatable bonds is 4. The van der Waals surface area contributed by atoms with E-state index in [1.165, 1.54) is 0 Å². The Kier molecular flexibility index (Phi) is 2.77. The number of carbonyl (C=O) groups is 1. The third kappa shape index (κ3) is 1.72. The lowest BCUT2D eigenvalue weighted by atomic mass is 10.1. The maximum Gasteiger partial charge on any atom is 0.293 e. The van der Waals surface area contributed by atoms with E-state index in [0.29, 0.717) is 6.47 Å². The minimum atomic E-state index is -0.244. The van der Waals surface area contributed by atoms with Gasteiger partial charge in [-0.1, -0.05) is 18.7 Å². The van der Waals surface area contributed by atoms with Crippen molar-refractivity contribution in [1.29, 1.82) is 0 Å². The van der Waals surface area contributed by atoms with Gasteiger partial charge in [0.25, 0.3) is 6.47 Å².